The van der Waals surface area contributed by atoms with Crippen LogP contribution in [0, 0.1) is 5.92 Å². The van der Waals surface area contributed by atoms with Gasteiger partial charge in [0, 0.05) is 31.2 Å². The van der Waals surface area contributed by atoms with E-state index in [1.54, 1.807) is 6.07 Å². The molecular formula is C16H24BrClN2O4S. The van der Waals surface area contributed by atoms with Crippen molar-refractivity contribution in [1.29, 1.82) is 0 Å². The summed E-state index contributed by atoms with van der Waals surface area (Å²) in [6.45, 7) is 7.68. The molecule has 1 aliphatic heterocycles. The Hall–Kier alpha value is -0.380. The van der Waals surface area contributed by atoms with Crippen molar-refractivity contribution in [3.63, 3.8) is 0 Å². The fraction of sp³-hybridized carbons (Fsp3) is 0.625. The molecule has 1 aromatic rings. The number of nitrogens with one attached hydrogen (secondary N) is 1. The van der Waals surface area contributed by atoms with Gasteiger partial charge in [0.1, 0.15) is 4.90 Å². The molecule has 0 aromatic heterocycles. The topological polar surface area (TPSA) is 67.9 Å². The number of hydrogen-bond acceptors (Lipinski definition) is 5. The zero-order valence-electron chi connectivity index (χ0n) is 14.6. The van der Waals surface area contributed by atoms with Crippen LogP contribution in [0.15, 0.2) is 21.5 Å². The van der Waals surface area contributed by atoms with Gasteiger partial charge in [-0.2, -0.15) is 0 Å². The molecular weight excluding hydrogens is 432 g/mol. The van der Waals surface area contributed by atoms with E-state index in [0.717, 1.165) is 13.1 Å². The highest BCUT2D eigenvalue weighted by atomic mass is 79.9. The van der Waals surface area contributed by atoms with Gasteiger partial charge in [0.2, 0.25) is 10.0 Å². The molecule has 0 spiro atoms. The van der Waals surface area contributed by atoms with Gasteiger partial charge in [0.15, 0.2) is 5.75 Å². The molecule has 0 amide bonds. The third-order valence-electron chi connectivity index (χ3n) is 3.82. The molecule has 1 N–H and O–H groups in total. The first-order chi connectivity index (χ1) is 11.7. The first-order valence-corrected chi connectivity index (χ1v) is 10.7. The molecule has 1 aromatic carbocycles. The molecule has 1 atom stereocenters. The molecule has 1 unspecified atom stereocenters. The summed E-state index contributed by atoms with van der Waals surface area (Å²) in [6, 6.07) is 2.97. The fourth-order valence-electron chi connectivity index (χ4n) is 2.80. The van der Waals surface area contributed by atoms with Crippen LogP contribution >= 0.6 is 27.5 Å². The lowest BCUT2D eigenvalue weighted by molar-refractivity contribution is -0.0280. The molecule has 2 rings (SSSR count). The van der Waals surface area contributed by atoms with Gasteiger partial charge in [0.25, 0.3) is 0 Å². The Bertz CT molecular complexity index is 700. The largest absolute Gasteiger partial charge is 0.494 e. The maximum absolute atomic E-state index is 12.7. The summed E-state index contributed by atoms with van der Waals surface area (Å²) in [4.78, 5) is 2.30. The number of morpholine rings is 1. The minimum absolute atomic E-state index is 0.00391. The third kappa shape index (κ3) is 5.80. The van der Waals surface area contributed by atoms with Gasteiger partial charge in [-0.1, -0.05) is 25.4 Å². The zero-order chi connectivity index (χ0) is 18.6. The van der Waals surface area contributed by atoms with Crippen molar-refractivity contribution in [3.8, 4) is 5.75 Å². The molecule has 6 nitrogen and oxygen atoms in total. The summed E-state index contributed by atoms with van der Waals surface area (Å²) in [7, 11) is -2.36. The number of rotatable bonds is 7. The molecule has 142 valence electrons. The summed E-state index contributed by atoms with van der Waals surface area (Å²) >= 11 is 9.27. The second-order valence-corrected chi connectivity index (χ2v) is 9.44. The average Bonchev–Trinajstić information content (AvgIpc) is 2.52. The van der Waals surface area contributed by atoms with E-state index in [9.17, 15) is 8.42 Å². The highest BCUT2D eigenvalue weighted by Gasteiger charge is 2.26. The number of hydrogen-bond donors (Lipinski definition) is 1. The normalized spacial score (nSPS) is 19.4. The van der Waals surface area contributed by atoms with E-state index in [-0.39, 0.29) is 23.3 Å². The van der Waals surface area contributed by atoms with Crippen LogP contribution < -0.4 is 9.46 Å². The lowest BCUT2D eigenvalue weighted by atomic mass is 10.2. The van der Waals surface area contributed by atoms with Crippen molar-refractivity contribution in [2.24, 2.45) is 5.92 Å². The Morgan fingerprint density at radius 3 is 2.84 bits per heavy atom. The maximum Gasteiger partial charge on any atom is 0.244 e. The lowest BCUT2D eigenvalue weighted by Gasteiger charge is -2.33. The second-order valence-electron chi connectivity index (χ2n) is 6.42. The van der Waals surface area contributed by atoms with E-state index < -0.39 is 10.0 Å². The number of benzene rings is 1. The highest BCUT2D eigenvalue weighted by molar-refractivity contribution is 9.10. The van der Waals surface area contributed by atoms with Gasteiger partial charge in [-0.3, -0.25) is 4.90 Å². The van der Waals surface area contributed by atoms with Crippen LogP contribution in [0.5, 0.6) is 5.75 Å². The number of halogens is 2. The van der Waals surface area contributed by atoms with Crippen LogP contribution in [0.2, 0.25) is 5.02 Å². The van der Waals surface area contributed by atoms with Crippen molar-refractivity contribution in [2.75, 3.05) is 39.9 Å². The van der Waals surface area contributed by atoms with Crippen molar-refractivity contribution in [3.05, 3.63) is 21.6 Å². The van der Waals surface area contributed by atoms with Crippen LogP contribution in [-0.2, 0) is 14.8 Å². The number of methoxy groups -OCH3 is 1. The fourth-order valence-corrected chi connectivity index (χ4v) is 5.25. The maximum atomic E-state index is 12.7. The number of nitrogens with zero attached hydrogens (tertiary/aromatic N) is 1. The molecule has 1 saturated heterocycles. The summed E-state index contributed by atoms with van der Waals surface area (Å²) in [5, 5.41) is 0.310. The Labute approximate surface area is 163 Å². The summed E-state index contributed by atoms with van der Waals surface area (Å²) in [5.41, 5.74) is 0. The first-order valence-electron chi connectivity index (χ1n) is 8.09. The molecule has 1 aliphatic rings. The smallest absolute Gasteiger partial charge is 0.244 e. The van der Waals surface area contributed by atoms with E-state index >= 15 is 0 Å². The predicted octanol–water partition coefficient (Wildman–Crippen LogP) is 2.75. The Morgan fingerprint density at radius 2 is 2.20 bits per heavy atom. The molecule has 1 heterocycles. The van der Waals surface area contributed by atoms with Gasteiger partial charge >= 0.3 is 0 Å². The van der Waals surface area contributed by atoms with E-state index in [2.05, 4.69) is 39.4 Å². The number of ether oxygens (including phenoxy) is 2. The Kier molecular flexibility index (Phi) is 7.54. The van der Waals surface area contributed by atoms with E-state index in [4.69, 9.17) is 21.1 Å². The van der Waals surface area contributed by atoms with Crippen molar-refractivity contribution in [2.45, 2.75) is 24.8 Å². The highest BCUT2D eigenvalue weighted by Crippen LogP contribution is 2.35. The minimum Gasteiger partial charge on any atom is -0.494 e. The quantitative estimate of drug-likeness (QED) is 0.685. The Morgan fingerprint density at radius 1 is 1.48 bits per heavy atom. The van der Waals surface area contributed by atoms with Gasteiger partial charge < -0.3 is 9.47 Å². The standard InChI is InChI=1S/C16H24BrClN2O4S/c1-11(2)9-20-4-5-24-13(10-20)8-19-25(21,22)15-7-12(18)6-14(17)16(15)23-3/h6-7,11,13,19H,4-5,8-10H2,1-3H3. The van der Waals surface area contributed by atoms with Crippen molar-refractivity contribution < 1.29 is 17.9 Å². The van der Waals surface area contributed by atoms with Gasteiger partial charge in [-0.15, -0.1) is 0 Å². The SMILES string of the molecule is COc1c(Br)cc(Cl)cc1S(=O)(=O)NCC1CN(CC(C)C)CCO1. The van der Waals surface area contributed by atoms with Crippen LogP contribution in [0.25, 0.3) is 0 Å². The van der Waals surface area contributed by atoms with Gasteiger partial charge in [-0.25, -0.2) is 13.1 Å². The lowest BCUT2D eigenvalue weighted by Crippen LogP contribution is -2.48. The van der Waals surface area contributed by atoms with Crippen LogP contribution in [0.3, 0.4) is 0 Å². The van der Waals surface area contributed by atoms with E-state index in [1.807, 2.05) is 0 Å². The van der Waals surface area contributed by atoms with Crippen molar-refractivity contribution in [1.82, 2.24) is 9.62 Å². The molecule has 9 heteroatoms. The third-order valence-corrected chi connectivity index (χ3v) is 6.05. The second kappa shape index (κ2) is 9.01. The van der Waals surface area contributed by atoms with E-state index in [1.165, 1.54) is 13.2 Å². The van der Waals surface area contributed by atoms with Gasteiger partial charge in [0.05, 0.1) is 24.3 Å². The predicted molar refractivity (Wildman–Crippen MR) is 102 cm³/mol. The van der Waals surface area contributed by atoms with Crippen LogP contribution in [0.1, 0.15) is 13.8 Å². The minimum atomic E-state index is -3.78. The van der Waals surface area contributed by atoms with Crippen LogP contribution in [-0.4, -0.2) is 59.3 Å². The molecule has 0 saturated carbocycles. The molecule has 0 aliphatic carbocycles. The summed E-state index contributed by atoms with van der Waals surface area (Å²) < 4.78 is 39.3. The monoisotopic (exact) mass is 454 g/mol. The Balaban J connectivity index is 2.07. The molecule has 0 radical (unpaired) electrons. The summed E-state index contributed by atoms with van der Waals surface area (Å²) in [5.74, 6) is 0.784. The summed E-state index contributed by atoms with van der Waals surface area (Å²) in [6.07, 6.45) is -0.184. The van der Waals surface area contributed by atoms with E-state index in [0.29, 0.717) is 28.6 Å². The molecule has 1 fully saturated rings. The molecule has 25 heavy (non-hydrogen) atoms. The van der Waals surface area contributed by atoms with Crippen LogP contribution in [0.4, 0.5) is 0 Å². The zero-order valence-corrected chi connectivity index (χ0v) is 17.7. The number of sulfonamides is 1. The average molecular weight is 456 g/mol. The van der Waals surface area contributed by atoms with Crippen molar-refractivity contribution >= 4 is 37.6 Å². The molecule has 0 bridgehead atoms. The first kappa shape index (κ1) is 20.9. The van der Waals surface area contributed by atoms with Gasteiger partial charge in [-0.05, 0) is 34.0 Å².